The molecule has 0 unspecified atom stereocenters. The van der Waals surface area contributed by atoms with Crippen molar-refractivity contribution in [2.24, 2.45) is 5.92 Å². The Balaban J connectivity index is 2.00. The van der Waals surface area contributed by atoms with Crippen molar-refractivity contribution in [2.45, 2.75) is 26.3 Å². The minimum Gasteiger partial charge on any atom is -0.382 e. The number of nitrogens with two attached hydrogens (primary N) is 2. The monoisotopic (exact) mass is 475 g/mol. The van der Waals surface area contributed by atoms with E-state index in [1.807, 2.05) is 19.9 Å². The molecule has 0 radical (unpaired) electrons. The highest BCUT2D eigenvalue weighted by Gasteiger charge is 2.25. The number of nitrogens with zero attached hydrogens (tertiary/aromatic N) is 6. The van der Waals surface area contributed by atoms with Gasteiger partial charge in [-0.3, -0.25) is 14.3 Å². The number of benzene rings is 1. The molecule has 0 saturated heterocycles. The van der Waals surface area contributed by atoms with Gasteiger partial charge in [-0.15, -0.1) is 0 Å². The summed E-state index contributed by atoms with van der Waals surface area (Å²) in [7, 11) is 0. The van der Waals surface area contributed by atoms with E-state index in [1.165, 1.54) is 4.57 Å². The zero-order chi connectivity index (χ0) is 24.4. The molecule has 172 valence electrons. The van der Waals surface area contributed by atoms with Gasteiger partial charge in [0.1, 0.15) is 23.3 Å². The molecule has 0 aliphatic rings. The maximum absolute atomic E-state index is 13.7. The summed E-state index contributed by atoms with van der Waals surface area (Å²) in [5.41, 5.74) is 12.4. The molecule has 0 bridgehead atoms. The van der Waals surface area contributed by atoms with E-state index in [-0.39, 0.29) is 34.6 Å². The molecule has 5 N–H and O–H groups in total. The van der Waals surface area contributed by atoms with E-state index in [4.69, 9.17) is 28.1 Å². The van der Waals surface area contributed by atoms with Gasteiger partial charge in [-0.1, -0.05) is 31.5 Å². The number of nitrogens with one attached hydrogen (secondary N) is 1. The van der Waals surface area contributed by atoms with E-state index in [0.717, 1.165) is 0 Å². The van der Waals surface area contributed by atoms with Crippen molar-refractivity contribution in [3.05, 3.63) is 69.5 Å². The third-order valence-electron chi connectivity index (χ3n) is 5.17. The number of hydrogen-bond donors (Lipinski definition) is 3. The quantitative estimate of drug-likeness (QED) is 0.379. The van der Waals surface area contributed by atoms with Crippen LogP contribution in [0.1, 0.15) is 37.7 Å². The van der Waals surface area contributed by atoms with Gasteiger partial charge in [0, 0.05) is 6.20 Å². The highest BCUT2D eigenvalue weighted by atomic mass is 35.5. The zero-order valence-electron chi connectivity index (χ0n) is 18.5. The SMILES string of the molecule is CC(C)C[C@H](Nc1nc(N)nc(N)c1C#N)c1nc2cccc(Cl)c2c(=O)n1-c1cccnc1. The summed E-state index contributed by atoms with van der Waals surface area (Å²) in [4.78, 5) is 30.7. The van der Waals surface area contributed by atoms with Crippen LogP contribution in [0.4, 0.5) is 17.6 Å². The van der Waals surface area contributed by atoms with E-state index < -0.39 is 6.04 Å². The van der Waals surface area contributed by atoms with Crippen LogP contribution in [0.3, 0.4) is 0 Å². The van der Waals surface area contributed by atoms with Gasteiger partial charge in [0.05, 0.1) is 33.9 Å². The molecule has 0 aliphatic heterocycles. The Morgan fingerprint density at radius 1 is 1.18 bits per heavy atom. The van der Waals surface area contributed by atoms with Crippen molar-refractivity contribution in [1.29, 1.82) is 5.26 Å². The number of nitriles is 1. The van der Waals surface area contributed by atoms with Gasteiger partial charge in [0.2, 0.25) is 5.95 Å². The van der Waals surface area contributed by atoms with E-state index in [9.17, 15) is 10.1 Å². The van der Waals surface area contributed by atoms with E-state index in [0.29, 0.717) is 33.9 Å². The lowest BCUT2D eigenvalue weighted by atomic mass is 10.0. The third-order valence-corrected chi connectivity index (χ3v) is 5.49. The number of rotatable bonds is 6. The van der Waals surface area contributed by atoms with Gasteiger partial charge in [0.25, 0.3) is 5.56 Å². The van der Waals surface area contributed by atoms with E-state index >= 15 is 0 Å². The molecule has 0 spiro atoms. The first-order valence-corrected chi connectivity index (χ1v) is 10.9. The van der Waals surface area contributed by atoms with Crippen LogP contribution in [0.2, 0.25) is 5.02 Å². The Morgan fingerprint density at radius 3 is 2.65 bits per heavy atom. The van der Waals surface area contributed by atoms with Crippen LogP contribution in [-0.2, 0) is 0 Å². The molecule has 34 heavy (non-hydrogen) atoms. The number of anilines is 3. The minimum atomic E-state index is -0.544. The Morgan fingerprint density at radius 2 is 1.97 bits per heavy atom. The summed E-state index contributed by atoms with van der Waals surface area (Å²) in [5, 5.41) is 13.5. The fraction of sp³-hybridized carbons (Fsp3) is 0.217. The maximum atomic E-state index is 13.7. The highest BCUT2D eigenvalue weighted by molar-refractivity contribution is 6.35. The fourth-order valence-corrected chi connectivity index (χ4v) is 4.00. The Bertz CT molecular complexity index is 1460. The van der Waals surface area contributed by atoms with Crippen LogP contribution in [0.15, 0.2) is 47.5 Å². The Labute approximate surface area is 200 Å². The average molecular weight is 476 g/mol. The van der Waals surface area contributed by atoms with Crippen LogP contribution in [0.25, 0.3) is 16.6 Å². The summed E-state index contributed by atoms with van der Waals surface area (Å²) in [6.07, 6.45) is 3.74. The third kappa shape index (κ3) is 4.33. The van der Waals surface area contributed by atoms with E-state index in [2.05, 4.69) is 20.3 Å². The van der Waals surface area contributed by atoms with Crippen LogP contribution in [0.5, 0.6) is 0 Å². The standard InChI is InChI=1S/C23H22ClN9O/c1-12(2)9-17(29-20-14(10-25)19(26)31-23(27)32-20)21-30-16-7-3-6-15(24)18(16)22(34)33(21)13-5-4-8-28-11-13/h3-8,11-12,17H,9H2,1-2H3,(H5,26,27,29,31,32)/t17-/m0/s1. The van der Waals surface area contributed by atoms with Gasteiger partial charge in [0.15, 0.2) is 5.82 Å². The Hall–Kier alpha value is -4.23. The molecule has 0 saturated carbocycles. The predicted molar refractivity (Wildman–Crippen MR) is 132 cm³/mol. The number of halogens is 1. The van der Waals surface area contributed by atoms with Crippen LogP contribution >= 0.6 is 11.6 Å². The largest absolute Gasteiger partial charge is 0.382 e. The molecular weight excluding hydrogens is 454 g/mol. The smallest absolute Gasteiger partial charge is 0.267 e. The van der Waals surface area contributed by atoms with Crippen molar-refractivity contribution >= 4 is 40.1 Å². The van der Waals surface area contributed by atoms with Crippen molar-refractivity contribution < 1.29 is 0 Å². The normalized spacial score (nSPS) is 12.0. The lowest BCUT2D eigenvalue weighted by Gasteiger charge is -2.25. The summed E-state index contributed by atoms with van der Waals surface area (Å²) in [6, 6.07) is 10.1. The van der Waals surface area contributed by atoms with Crippen molar-refractivity contribution in [2.75, 3.05) is 16.8 Å². The summed E-state index contributed by atoms with van der Waals surface area (Å²) >= 11 is 6.38. The van der Waals surface area contributed by atoms with Gasteiger partial charge >= 0.3 is 0 Å². The molecule has 1 atom stereocenters. The molecule has 3 heterocycles. The van der Waals surface area contributed by atoms with Crippen LogP contribution in [-0.4, -0.2) is 24.5 Å². The highest BCUT2D eigenvalue weighted by Crippen LogP contribution is 2.30. The van der Waals surface area contributed by atoms with Gasteiger partial charge < -0.3 is 16.8 Å². The molecule has 0 aliphatic carbocycles. The number of pyridine rings is 1. The number of aromatic nitrogens is 5. The van der Waals surface area contributed by atoms with E-state index in [1.54, 1.807) is 42.7 Å². The topological polar surface area (TPSA) is 161 Å². The number of nitrogen functional groups attached to an aromatic ring is 2. The molecule has 10 nitrogen and oxygen atoms in total. The van der Waals surface area contributed by atoms with Crippen molar-refractivity contribution in [1.82, 2.24) is 24.5 Å². The molecule has 0 fully saturated rings. The summed E-state index contributed by atoms with van der Waals surface area (Å²) in [5.74, 6) is 0.639. The van der Waals surface area contributed by atoms with Crippen LogP contribution in [0, 0.1) is 17.2 Å². The van der Waals surface area contributed by atoms with Crippen molar-refractivity contribution in [3.63, 3.8) is 0 Å². The molecule has 11 heteroatoms. The Kier molecular flexibility index (Phi) is 6.30. The first kappa shape index (κ1) is 22.9. The first-order chi connectivity index (χ1) is 16.3. The molecular formula is C23H22ClN9O. The fourth-order valence-electron chi connectivity index (χ4n) is 3.75. The van der Waals surface area contributed by atoms with Crippen molar-refractivity contribution in [3.8, 4) is 11.8 Å². The number of hydrogen-bond acceptors (Lipinski definition) is 9. The molecule has 0 amide bonds. The zero-order valence-corrected chi connectivity index (χ0v) is 19.3. The minimum absolute atomic E-state index is 0.0382. The first-order valence-electron chi connectivity index (χ1n) is 10.5. The molecule has 1 aromatic carbocycles. The summed E-state index contributed by atoms with van der Waals surface area (Å²) in [6.45, 7) is 4.07. The second-order valence-electron chi connectivity index (χ2n) is 8.08. The van der Waals surface area contributed by atoms with Crippen LogP contribution < -0.4 is 22.3 Å². The average Bonchev–Trinajstić information content (AvgIpc) is 2.78. The lowest BCUT2D eigenvalue weighted by Crippen LogP contribution is -2.29. The predicted octanol–water partition coefficient (Wildman–Crippen LogP) is 3.46. The molecule has 3 aromatic heterocycles. The van der Waals surface area contributed by atoms with Gasteiger partial charge in [-0.25, -0.2) is 4.98 Å². The molecule has 4 rings (SSSR count). The van der Waals surface area contributed by atoms with Gasteiger partial charge in [-0.05, 0) is 36.6 Å². The molecule has 4 aromatic rings. The summed E-state index contributed by atoms with van der Waals surface area (Å²) < 4.78 is 1.47. The lowest BCUT2D eigenvalue weighted by molar-refractivity contribution is 0.506. The number of fused-ring (bicyclic) bond motifs is 1. The van der Waals surface area contributed by atoms with Gasteiger partial charge in [-0.2, -0.15) is 15.2 Å². The second-order valence-corrected chi connectivity index (χ2v) is 8.49. The maximum Gasteiger partial charge on any atom is 0.267 e. The second kappa shape index (κ2) is 9.33.